The average Bonchev–Trinajstić information content (AvgIpc) is 2.90. The van der Waals surface area contributed by atoms with Crippen LogP contribution in [0, 0.1) is 13.8 Å². The van der Waals surface area contributed by atoms with Crippen molar-refractivity contribution < 1.29 is 0 Å². The van der Waals surface area contributed by atoms with Gasteiger partial charge in [-0.05, 0) is 43.0 Å². The van der Waals surface area contributed by atoms with Crippen molar-refractivity contribution in [1.29, 1.82) is 0 Å². The van der Waals surface area contributed by atoms with Crippen LogP contribution in [-0.4, -0.2) is 20.2 Å². The number of benzene rings is 1. The first-order chi connectivity index (χ1) is 10.7. The van der Waals surface area contributed by atoms with Crippen LogP contribution in [0.3, 0.4) is 0 Å². The van der Waals surface area contributed by atoms with E-state index in [1.807, 2.05) is 19.1 Å². The highest BCUT2D eigenvalue weighted by Gasteiger charge is 2.08. The first kappa shape index (κ1) is 13.0. The maximum atomic E-state index is 4.52. The highest BCUT2D eigenvalue weighted by molar-refractivity contribution is 5.85. The molecule has 4 nitrogen and oxygen atoms in total. The van der Waals surface area contributed by atoms with Gasteiger partial charge < -0.3 is 0 Å². The number of nitrogens with zero attached hydrogens (tertiary/aromatic N) is 3. The molecule has 0 amide bonds. The number of hydrogen-bond acceptors (Lipinski definition) is 3. The third-order valence-electron chi connectivity index (χ3n) is 3.98. The zero-order valence-corrected chi connectivity index (χ0v) is 12.6. The molecule has 0 aliphatic heterocycles. The van der Waals surface area contributed by atoms with Crippen molar-refractivity contribution in [3.05, 3.63) is 65.2 Å². The molecule has 3 heterocycles. The molecule has 0 aliphatic rings. The number of aryl methyl sites for hydroxylation is 2. The molecule has 4 aromatic rings. The number of pyridine rings is 2. The molecule has 3 aromatic heterocycles. The van der Waals surface area contributed by atoms with Gasteiger partial charge in [-0.25, -0.2) is 0 Å². The molecule has 4 heteroatoms. The second kappa shape index (κ2) is 4.91. The second-order valence-electron chi connectivity index (χ2n) is 5.65. The molecule has 1 N–H and O–H groups in total. The molecule has 22 heavy (non-hydrogen) atoms. The minimum Gasteiger partial charge on any atom is -0.279 e. The summed E-state index contributed by atoms with van der Waals surface area (Å²) in [6.07, 6.45) is 2.60. The van der Waals surface area contributed by atoms with Crippen molar-refractivity contribution >= 4 is 21.8 Å². The molecular formula is C18H16N4. The van der Waals surface area contributed by atoms with E-state index in [4.69, 9.17) is 0 Å². The normalized spacial score (nSPS) is 11.4. The number of nitrogens with one attached hydrogen (secondary N) is 1. The lowest BCUT2D eigenvalue weighted by molar-refractivity contribution is 1.01. The van der Waals surface area contributed by atoms with Gasteiger partial charge in [0.2, 0.25) is 0 Å². The lowest BCUT2D eigenvalue weighted by Crippen LogP contribution is -1.93. The Balaban J connectivity index is 1.78. The predicted molar refractivity (Wildman–Crippen MR) is 87.9 cm³/mol. The second-order valence-corrected chi connectivity index (χ2v) is 5.65. The molecule has 0 bridgehead atoms. The number of aromatic nitrogens is 4. The van der Waals surface area contributed by atoms with Crippen molar-refractivity contribution in [1.82, 2.24) is 20.2 Å². The summed E-state index contributed by atoms with van der Waals surface area (Å²) in [4.78, 5) is 8.95. The molecule has 0 atom stereocenters. The Labute approximate surface area is 128 Å². The molecule has 0 spiro atoms. The zero-order valence-electron chi connectivity index (χ0n) is 12.6. The summed E-state index contributed by atoms with van der Waals surface area (Å²) >= 11 is 0. The van der Waals surface area contributed by atoms with E-state index in [0.717, 1.165) is 34.5 Å². The van der Waals surface area contributed by atoms with Crippen LogP contribution in [0.4, 0.5) is 0 Å². The van der Waals surface area contributed by atoms with Crippen LogP contribution < -0.4 is 0 Å². The number of hydrogen-bond donors (Lipinski definition) is 1. The van der Waals surface area contributed by atoms with E-state index < -0.39 is 0 Å². The summed E-state index contributed by atoms with van der Waals surface area (Å²) < 4.78 is 0. The fourth-order valence-corrected chi connectivity index (χ4v) is 2.98. The third kappa shape index (κ3) is 2.13. The molecule has 108 valence electrons. The summed E-state index contributed by atoms with van der Waals surface area (Å²) in [6.45, 7) is 4.09. The van der Waals surface area contributed by atoms with Crippen LogP contribution in [0.5, 0.6) is 0 Å². The SMILES string of the molecule is Cc1cc2cc(Cc3[nH]nc4cccnc34)ccc2c(C)n1. The number of fused-ring (bicyclic) bond motifs is 2. The molecule has 0 unspecified atom stereocenters. The monoisotopic (exact) mass is 288 g/mol. The Kier molecular flexibility index (Phi) is 2.89. The maximum absolute atomic E-state index is 4.52. The van der Waals surface area contributed by atoms with Crippen molar-refractivity contribution in [3.8, 4) is 0 Å². The molecular weight excluding hydrogens is 272 g/mol. The van der Waals surface area contributed by atoms with Gasteiger partial charge in [-0.1, -0.05) is 18.2 Å². The molecule has 0 aliphatic carbocycles. The van der Waals surface area contributed by atoms with E-state index in [-0.39, 0.29) is 0 Å². The highest BCUT2D eigenvalue weighted by Crippen LogP contribution is 2.22. The lowest BCUT2D eigenvalue weighted by atomic mass is 10.0. The summed E-state index contributed by atoms with van der Waals surface area (Å²) in [5.74, 6) is 0. The van der Waals surface area contributed by atoms with Crippen LogP contribution in [0.25, 0.3) is 21.8 Å². The van der Waals surface area contributed by atoms with Gasteiger partial charge in [0.15, 0.2) is 0 Å². The molecule has 1 aromatic carbocycles. The summed E-state index contributed by atoms with van der Waals surface area (Å²) in [5.41, 5.74) is 6.29. The van der Waals surface area contributed by atoms with Crippen LogP contribution in [-0.2, 0) is 6.42 Å². The van der Waals surface area contributed by atoms with Gasteiger partial charge in [0.25, 0.3) is 0 Å². The van der Waals surface area contributed by atoms with E-state index in [1.165, 1.54) is 16.3 Å². The maximum Gasteiger partial charge on any atom is 0.112 e. The van der Waals surface area contributed by atoms with Crippen LogP contribution in [0.1, 0.15) is 22.6 Å². The minimum absolute atomic E-state index is 0.796. The van der Waals surface area contributed by atoms with E-state index in [2.05, 4.69) is 51.4 Å². The lowest BCUT2D eigenvalue weighted by Gasteiger charge is -2.06. The van der Waals surface area contributed by atoms with Gasteiger partial charge in [-0.3, -0.25) is 15.1 Å². The topological polar surface area (TPSA) is 54.5 Å². The van der Waals surface area contributed by atoms with Crippen LogP contribution in [0.15, 0.2) is 42.6 Å². The van der Waals surface area contributed by atoms with Gasteiger partial charge in [-0.15, -0.1) is 0 Å². The quantitative estimate of drug-likeness (QED) is 0.611. The Morgan fingerprint density at radius 2 is 2.00 bits per heavy atom. The van der Waals surface area contributed by atoms with Gasteiger partial charge in [0.05, 0.1) is 5.69 Å². The molecule has 4 rings (SSSR count). The van der Waals surface area contributed by atoms with E-state index in [1.54, 1.807) is 6.20 Å². The molecule has 0 radical (unpaired) electrons. The van der Waals surface area contributed by atoms with Crippen molar-refractivity contribution in [2.75, 3.05) is 0 Å². The summed E-state index contributed by atoms with van der Waals surface area (Å²) in [5, 5.41) is 9.86. The predicted octanol–water partition coefficient (Wildman–Crippen LogP) is 3.71. The van der Waals surface area contributed by atoms with Crippen molar-refractivity contribution in [2.24, 2.45) is 0 Å². The standard InChI is InChI=1S/C18H16N4/c1-11-8-14-9-13(5-6-15(14)12(2)20-11)10-17-18-16(21-22-17)4-3-7-19-18/h3-9H,10H2,1-2H3,(H,21,22). The first-order valence-corrected chi connectivity index (χ1v) is 7.35. The number of rotatable bonds is 2. The Morgan fingerprint density at radius 3 is 2.91 bits per heavy atom. The van der Waals surface area contributed by atoms with E-state index >= 15 is 0 Å². The first-order valence-electron chi connectivity index (χ1n) is 7.35. The minimum atomic E-state index is 0.796. The zero-order chi connectivity index (χ0) is 15.1. The summed E-state index contributed by atoms with van der Waals surface area (Å²) in [7, 11) is 0. The van der Waals surface area contributed by atoms with Crippen molar-refractivity contribution in [3.63, 3.8) is 0 Å². The van der Waals surface area contributed by atoms with Gasteiger partial charge in [0.1, 0.15) is 11.0 Å². The Morgan fingerprint density at radius 1 is 1.09 bits per heavy atom. The average molecular weight is 288 g/mol. The number of H-pyrrole nitrogens is 1. The van der Waals surface area contributed by atoms with Gasteiger partial charge in [-0.2, -0.15) is 5.10 Å². The highest BCUT2D eigenvalue weighted by atomic mass is 15.1. The summed E-state index contributed by atoms with van der Waals surface area (Å²) in [6, 6.07) is 12.5. The fourth-order valence-electron chi connectivity index (χ4n) is 2.98. The van der Waals surface area contributed by atoms with Crippen LogP contribution in [0.2, 0.25) is 0 Å². The van der Waals surface area contributed by atoms with E-state index in [9.17, 15) is 0 Å². The Hall–Kier alpha value is -2.75. The van der Waals surface area contributed by atoms with Gasteiger partial charge >= 0.3 is 0 Å². The molecule has 0 fully saturated rings. The molecule has 0 saturated carbocycles. The largest absolute Gasteiger partial charge is 0.279 e. The molecule has 0 saturated heterocycles. The van der Waals surface area contributed by atoms with E-state index in [0.29, 0.717) is 0 Å². The number of aromatic amines is 1. The van der Waals surface area contributed by atoms with Crippen molar-refractivity contribution in [2.45, 2.75) is 20.3 Å². The van der Waals surface area contributed by atoms with Crippen LogP contribution >= 0.6 is 0 Å². The van der Waals surface area contributed by atoms with Gasteiger partial charge in [0, 0.05) is 29.4 Å². The fraction of sp³-hybridized carbons (Fsp3) is 0.167. The third-order valence-corrected chi connectivity index (χ3v) is 3.98. The Bertz CT molecular complexity index is 985. The smallest absolute Gasteiger partial charge is 0.112 e.